The average molecular weight is 534 g/mol. The van der Waals surface area contributed by atoms with Crippen LogP contribution >= 0.6 is 0 Å². The molecule has 184 valence electrons. The van der Waals surface area contributed by atoms with E-state index in [0.29, 0.717) is 13.0 Å². The van der Waals surface area contributed by atoms with Gasteiger partial charge in [-0.3, -0.25) is 4.79 Å². The quantitative estimate of drug-likeness (QED) is 0.462. The van der Waals surface area contributed by atoms with Crippen molar-refractivity contribution in [2.24, 2.45) is 0 Å². The number of nitrogens with zero attached hydrogens (tertiary/aromatic N) is 2. The second-order valence-electron chi connectivity index (χ2n) is 10.7. The maximum absolute atomic E-state index is 13.1. The second-order valence-corrected chi connectivity index (χ2v) is 10.7. The molecule has 1 saturated heterocycles. The Morgan fingerprint density at radius 3 is 2.20 bits per heavy atom. The molecule has 3 aromatic rings. The SMILES string of the molecule is Cc1ccc(-c2ccc3c(c2)CN(C(=O)Cc2ccc(C[N+]4(C)CCCCC4)cc2)CC3)cc1.[Br-]. The molecule has 0 radical (unpaired) electrons. The van der Waals surface area contributed by atoms with Gasteiger partial charge in [0.2, 0.25) is 5.91 Å². The van der Waals surface area contributed by atoms with Gasteiger partial charge in [0, 0.05) is 18.7 Å². The van der Waals surface area contributed by atoms with Crippen LogP contribution in [0.15, 0.2) is 66.7 Å². The van der Waals surface area contributed by atoms with Gasteiger partial charge in [0.05, 0.1) is 26.6 Å². The zero-order valence-corrected chi connectivity index (χ0v) is 22.7. The van der Waals surface area contributed by atoms with E-state index in [1.807, 2.05) is 4.90 Å². The molecule has 0 bridgehead atoms. The van der Waals surface area contributed by atoms with Gasteiger partial charge in [-0.25, -0.2) is 0 Å². The number of halogens is 1. The molecule has 2 aliphatic rings. The zero-order chi connectivity index (χ0) is 23.5. The maximum atomic E-state index is 13.1. The Kier molecular flexibility index (Phi) is 8.13. The molecule has 0 unspecified atom stereocenters. The molecule has 3 nitrogen and oxygen atoms in total. The van der Waals surface area contributed by atoms with E-state index < -0.39 is 0 Å². The predicted molar refractivity (Wildman–Crippen MR) is 139 cm³/mol. The number of piperidine rings is 1. The molecule has 2 aliphatic heterocycles. The molecule has 4 heteroatoms. The van der Waals surface area contributed by atoms with E-state index in [1.54, 1.807) is 0 Å². The summed E-state index contributed by atoms with van der Waals surface area (Å²) < 4.78 is 1.15. The van der Waals surface area contributed by atoms with Gasteiger partial charge in [-0.05, 0) is 66.5 Å². The van der Waals surface area contributed by atoms with E-state index in [0.717, 1.165) is 29.6 Å². The topological polar surface area (TPSA) is 20.3 Å². The number of fused-ring (bicyclic) bond motifs is 1. The number of hydrogen-bond donors (Lipinski definition) is 0. The number of carbonyl (C=O) groups excluding carboxylic acids is 1. The molecule has 0 spiro atoms. The fraction of sp³-hybridized carbons (Fsp3) is 0.387. The smallest absolute Gasteiger partial charge is 0.227 e. The molecule has 5 rings (SSSR count). The van der Waals surface area contributed by atoms with Crippen LogP contribution in [0, 0.1) is 6.92 Å². The highest BCUT2D eigenvalue weighted by atomic mass is 79.9. The van der Waals surface area contributed by atoms with E-state index in [4.69, 9.17) is 0 Å². The molecule has 1 fully saturated rings. The van der Waals surface area contributed by atoms with E-state index in [1.165, 1.54) is 65.7 Å². The number of amides is 1. The van der Waals surface area contributed by atoms with Crippen LogP contribution in [-0.2, 0) is 30.7 Å². The van der Waals surface area contributed by atoms with E-state index in [9.17, 15) is 4.79 Å². The summed E-state index contributed by atoms with van der Waals surface area (Å²) in [6.45, 7) is 7.29. The minimum atomic E-state index is 0. The van der Waals surface area contributed by atoms with Crippen molar-refractivity contribution in [3.63, 3.8) is 0 Å². The van der Waals surface area contributed by atoms with Crippen LogP contribution < -0.4 is 17.0 Å². The Bertz CT molecular complexity index is 1150. The Morgan fingerprint density at radius 2 is 1.49 bits per heavy atom. The first-order chi connectivity index (χ1) is 16.5. The normalized spacial score (nSPS) is 16.8. The van der Waals surface area contributed by atoms with Crippen LogP contribution in [0.3, 0.4) is 0 Å². The highest BCUT2D eigenvalue weighted by Gasteiger charge is 2.25. The molecule has 2 heterocycles. The summed E-state index contributed by atoms with van der Waals surface area (Å²) in [5, 5.41) is 0. The Labute approximate surface area is 221 Å². The van der Waals surface area contributed by atoms with Gasteiger partial charge in [-0.1, -0.05) is 66.2 Å². The number of aryl methyl sites for hydroxylation is 1. The number of carbonyl (C=O) groups is 1. The van der Waals surface area contributed by atoms with Crippen molar-refractivity contribution in [3.05, 3.63) is 94.5 Å². The molecule has 0 N–H and O–H groups in total. The third-order valence-corrected chi connectivity index (χ3v) is 7.79. The van der Waals surface area contributed by atoms with Crippen LogP contribution in [0.5, 0.6) is 0 Å². The van der Waals surface area contributed by atoms with Gasteiger partial charge in [0.25, 0.3) is 0 Å². The Balaban J connectivity index is 0.00000289. The van der Waals surface area contributed by atoms with Crippen LogP contribution in [0.25, 0.3) is 11.1 Å². The maximum Gasteiger partial charge on any atom is 0.227 e. The lowest BCUT2D eigenvalue weighted by atomic mass is 9.94. The molecule has 1 amide bonds. The van der Waals surface area contributed by atoms with Crippen molar-refractivity contribution >= 4 is 5.91 Å². The van der Waals surface area contributed by atoms with Crippen molar-refractivity contribution in [2.45, 2.75) is 52.1 Å². The van der Waals surface area contributed by atoms with Gasteiger partial charge >= 0.3 is 0 Å². The summed E-state index contributed by atoms with van der Waals surface area (Å²) in [7, 11) is 2.38. The molecule has 0 aliphatic carbocycles. The van der Waals surface area contributed by atoms with Crippen molar-refractivity contribution in [1.82, 2.24) is 4.90 Å². The third kappa shape index (κ3) is 6.23. The summed E-state index contributed by atoms with van der Waals surface area (Å²) in [6, 6.07) is 24.2. The van der Waals surface area contributed by atoms with Gasteiger partial charge in [-0.2, -0.15) is 0 Å². The predicted octanol–water partition coefficient (Wildman–Crippen LogP) is 2.92. The van der Waals surface area contributed by atoms with Crippen LogP contribution in [-0.4, -0.2) is 42.0 Å². The minimum Gasteiger partial charge on any atom is -1.00 e. The zero-order valence-electron chi connectivity index (χ0n) is 21.1. The highest BCUT2D eigenvalue weighted by molar-refractivity contribution is 5.79. The summed E-state index contributed by atoms with van der Waals surface area (Å²) in [4.78, 5) is 15.2. The standard InChI is InChI=1S/C31H37N2O.BrH/c1-24-6-12-27(13-7-24)29-15-14-28-16-17-32(22-30(28)21-29)31(34)20-25-8-10-26(11-9-25)23-33(2)18-4-3-5-19-33;/h6-15,21H,3-5,16-20,22-23H2,1-2H3;1H/q+1;/p-1. The van der Waals surface area contributed by atoms with Crippen molar-refractivity contribution < 1.29 is 26.3 Å². The van der Waals surface area contributed by atoms with Gasteiger partial charge in [-0.15, -0.1) is 0 Å². The summed E-state index contributed by atoms with van der Waals surface area (Å²) >= 11 is 0. The molecule has 0 saturated carbocycles. The Hall–Kier alpha value is -2.43. The first kappa shape index (κ1) is 25.7. The number of hydrogen-bond acceptors (Lipinski definition) is 1. The molecular weight excluding hydrogens is 496 g/mol. The summed E-state index contributed by atoms with van der Waals surface area (Å²) in [5.41, 5.74) is 8.90. The van der Waals surface area contributed by atoms with Gasteiger partial charge in [0.1, 0.15) is 6.54 Å². The highest BCUT2D eigenvalue weighted by Crippen LogP contribution is 2.27. The van der Waals surface area contributed by atoms with Crippen LogP contribution in [0.1, 0.15) is 47.1 Å². The monoisotopic (exact) mass is 532 g/mol. The number of likely N-dealkylation sites (tertiary alicyclic amines) is 1. The molecule has 0 aromatic heterocycles. The fourth-order valence-electron chi connectivity index (χ4n) is 5.62. The largest absolute Gasteiger partial charge is 1.00 e. The molecule has 3 aromatic carbocycles. The van der Waals surface area contributed by atoms with E-state index in [2.05, 4.69) is 80.7 Å². The van der Waals surface area contributed by atoms with Gasteiger partial charge < -0.3 is 26.4 Å². The lowest BCUT2D eigenvalue weighted by Gasteiger charge is -2.37. The number of benzene rings is 3. The fourth-order valence-corrected chi connectivity index (χ4v) is 5.62. The van der Waals surface area contributed by atoms with Gasteiger partial charge in [0.15, 0.2) is 0 Å². The first-order valence-electron chi connectivity index (χ1n) is 12.9. The van der Waals surface area contributed by atoms with Crippen LogP contribution in [0.4, 0.5) is 0 Å². The molecular formula is C31H37BrN2O. The summed E-state index contributed by atoms with van der Waals surface area (Å²) in [5.74, 6) is 0.231. The van der Waals surface area contributed by atoms with E-state index >= 15 is 0 Å². The van der Waals surface area contributed by atoms with Crippen molar-refractivity contribution in [3.8, 4) is 11.1 Å². The number of quaternary nitrogens is 1. The minimum absolute atomic E-state index is 0. The third-order valence-electron chi connectivity index (χ3n) is 7.79. The van der Waals surface area contributed by atoms with E-state index in [-0.39, 0.29) is 22.9 Å². The van der Waals surface area contributed by atoms with Crippen molar-refractivity contribution in [1.29, 1.82) is 0 Å². The van der Waals surface area contributed by atoms with Crippen LogP contribution in [0.2, 0.25) is 0 Å². The number of rotatable bonds is 5. The summed E-state index contributed by atoms with van der Waals surface area (Å²) in [6.07, 6.45) is 5.48. The molecule has 0 atom stereocenters. The lowest BCUT2D eigenvalue weighted by Crippen LogP contribution is -3.00. The second kappa shape index (κ2) is 11.1. The lowest BCUT2D eigenvalue weighted by molar-refractivity contribution is -0.926. The Morgan fingerprint density at radius 1 is 0.829 bits per heavy atom. The first-order valence-corrected chi connectivity index (χ1v) is 12.9. The van der Waals surface area contributed by atoms with Crippen molar-refractivity contribution in [2.75, 3.05) is 26.7 Å². The average Bonchev–Trinajstić information content (AvgIpc) is 2.85. The molecule has 35 heavy (non-hydrogen) atoms.